The van der Waals surface area contributed by atoms with Crippen molar-refractivity contribution in [2.75, 3.05) is 25.4 Å². The number of thiazole rings is 1. The molecule has 3 aromatic rings. The standard InChI is InChI=1S/C28H32N6O10S2.C2HF3O2/c1-28(2)19(25(36)34(28)44-46(39,40)41)11-22(35)24(21-14-45-27(29)32-21)33-43-23(26(37)38)13-42-18-5-6-20-16(10-18)3-4-17(31-20)9-15-7-8-30-12-15;3-2(4,5)1(6)7/h3-6,10,14-15,19,23,30H,7-9,11-13H2,1-2H3,(H2,29,32)(H,37,38)(H,39,40,41);(H,6,7)/p-1/b33-24-;/t15?,19?,23-;/m0./s1. The fraction of sp³-hybridized carbons (Fsp3) is 0.433. The Labute approximate surface area is 302 Å². The summed E-state index contributed by atoms with van der Waals surface area (Å²) >= 11 is 0.993. The number of nitrogens with two attached hydrogens (primary N) is 1. The van der Waals surface area contributed by atoms with Crippen LogP contribution in [0.3, 0.4) is 0 Å². The molecule has 2 unspecified atom stereocenters. The van der Waals surface area contributed by atoms with Gasteiger partial charge in [0.15, 0.2) is 16.6 Å². The van der Waals surface area contributed by atoms with Crippen LogP contribution in [0, 0.1) is 11.8 Å². The Morgan fingerprint density at radius 2 is 1.92 bits per heavy atom. The minimum absolute atomic E-state index is 0.0150. The number of ketones is 1. The summed E-state index contributed by atoms with van der Waals surface area (Å²) in [6.45, 7) is 4.38. The average Bonchev–Trinajstić information content (AvgIpc) is 3.74. The molecule has 1 aromatic carbocycles. The number of carbonyl (C=O) groups is 4. The Morgan fingerprint density at radius 1 is 1.23 bits per heavy atom. The summed E-state index contributed by atoms with van der Waals surface area (Å²) in [5, 5.41) is 28.5. The number of hydrogen-bond acceptors (Lipinski definition) is 16. The van der Waals surface area contributed by atoms with E-state index in [0.29, 0.717) is 16.7 Å². The molecule has 5 N–H and O–H groups in total. The summed E-state index contributed by atoms with van der Waals surface area (Å²) in [6.07, 6.45) is -5.33. The zero-order valence-corrected chi connectivity index (χ0v) is 29.4. The predicted molar refractivity (Wildman–Crippen MR) is 175 cm³/mol. The molecule has 288 valence electrons. The first-order valence-corrected chi connectivity index (χ1v) is 17.6. The van der Waals surface area contributed by atoms with Gasteiger partial charge in [-0.25, -0.2) is 9.78 Å². The topological polar surface area (TPSA) is 273 Å². The number of β-lactam (4-membered cyclic amide) rings is 1. The third kappa shape index (κ3) is 10.8. The van der Waals surface area contributed by atoms with Crippen molar-refractivity contribution in [2.45, 2.75) is 50.9 Å². The zero-order chi connectivity index (χ0) is 39.3. The Balaban J connectivity index is 0.000000815. The number of nitrogen functional groups attached to an aromatic ring is 1. The van der Waals surface area contributed by atoms with E-state index in [0.717, 1.165) is 53.9 Å². The van der Waals surface area contributed by atoms with Crippen molar-refractivity contribution in [3.05, 3.63) is 47.1 Å². The molecule has 0 radical (unpaired) electrons. The number of pyridine rings is 1. The maximum atomic E-state index is 13.3. The number of aromatic nitrogens is 2. The number of carbonyl (C=O) groups excluding carboxylic acids is 3. The maximum Gasteiger partial charge on any atom is 0.430 e. The van der Waals surface area contributed by atoms with Crippen molar-refractivity contribution in [3.63, 3.8) is 0 Å². The number of rotatable bonds is 14. The number of nitrogens with zero attached hydrogens (tertiary/aromatic N) is 4. The zero-order valence-electron chi connectivity index (χ0n) is 27.7. The van der Waals surface area contributed by atoms with E-state index < -0.39 is 76.5 Å². The molecule has 23 heteroatoms. The van der Waals surface area contributed by atoms with E-state index in [1.807, 2.05) is 12.1 Å². The van der Waals surface area contributed by atoms with Crippen molar-refractivity contribution >= 4 is 67.1 Å². The van der Waals surface area contributed by atoms with E-state index in [2.05, 4.69) is 19.7 Å². The lowest BCUT2D eigenvalue weighted by Gasteiger charge is -2.50. The largest absolute Gasteiger partial charge is 0.542 e. The highest BCUT2D eigenvalue weighted by molar-refractivity contribution is 7.80. The van der Waals surface area contributed by atoms with Crippen LogP contribution in [0.5, 0.6) is 5.75 Å². The minimum Gasteiger partial charge on any atom is -0.542 e. The molecule has 2 saturated heterocycles. The van der Waals surface area contributed by atoms with Crippen molar-refractivity contribution in [2.24, 2.45) is 17.0 Å². The predicted octanol–water partition coefficient (Wildman–Crippen LogP) is 0.908. The summed E-state index contributed by atoms with van der Waals surface area (Å²) in [5.74, 6) is -6.22. The van der Waals surface area contributed by atoms with Crippen LogP contribution in [-0.2, 0) is 45.1 Å². The third-order valence-corrected chi connectivity index (χ3v) is 9.03. The molecule has 2 aliphatic rings. The summed E-state index contributed by atoms with van der Waals surface area (Å²) < 4.78 is 72.8. The molecule has 3 atom stereocenters. The lowest BCUT2D eigenvalue weighted by atomic mass is 9.74. The van der Waals surface area contributed by atoms with E-state index >= 15 is 0 Å². The van der Waals surface area contributed by atoms with E-state index in [1.54, 1.807) is 18.2 Å². The number of hydrogen-bond donors (Lipinski definition) is 4. The van der Waals surface area contributed by atoms with Gasteiger partial charge in [0.2, 0.25) is 0 Å². The number of carboxylic acid groups (broad SMARTS) is 2. The summed E-state index contributed by atoms with van der Waals surface area (Å²) in [7, 11) is -4.98. The molecule has 2 aliphatic heterocycles. The van der Waals surface area contributed by atoms with Gasteiger partial charge in [0, 0.05) is 22.9 Å². The molecular formula is C30H32F3N6O12S2-. The van der Waals surface area contributed by atoms with Crippen LogP contribution in [-0.4, -0.2) is 100.0 Å². The fourth-order valence-corrected chi connectivity index (χ4v) is 6.26. The second kappa shape index (κ2) is 16.4. The van der Waals surface area contributed by atoms with E-state index in [-0.39, 0.29) is 10.8 Å². The molecule has 2 aromatic heterocycles. The number of carboxylic acids is 2. The van der Waals surface area contributed by atoms with Crippen molar-refractivity contribution in [1.29, 1.82) is 0 Å². The second-order valence-corrected chi connectivity index (χ2v) is 14.1. The number of hydroxylamine groups is 2. The minimum atomic E-state index is -5.19. The highest BCUT2D eigenvalue weighted by Gasteiger charge is 2.57. The molecule has 18 nitrogen and oxygen atoms in total. The SMILES string of the molecule is CC1(C)C(CC(=O)/C(=N\O[C@@H](COc2ccc3nc(CC4CCNC4)ccc3c2)C(=O)O)c2csc(N)n2)C(=O)N1OS(=O)(=O)O.O=C([O-])C(F)(F)F. The van der Waals surface area contributed by atoms with E-state index in [1.165, 1.54) is 19.2 Å². The van der Waals surface area contributed by atoms with Crippen LogP contribution in [0.1, 0.15) is 38.1 Å². The van der Waals surface area contributed by atoms with Gasteiger partial charge in [-0.2, -0.15) is 26.7 Å². The normalized spacial score (nSPS) is 19.2. The quantitative estimate of drug-likeness (QED) is 0.0765. The smallest absolute Gasteiger partial charge is 0.430 e. The second-order valence-electron chi connectivity index (χ2n) is 12.2. The van der Waals surface area contributed by atoms with Crippen LogP contribution in [0.25, 0.3) is 10.9 Å². The van der Waals surface area contributed by atoms with Gasteiger partial charge in [-0.15, -0.1) is 15.6 Å². The molecule has 2 fully saturated rings. The summed E-state index contributed by atoms with van der Waals surface area (Å²) in [4.78, 5) is 60.7. The van der Waals surface area contributed by atoms with E-state index in [4.69, 9.17) is 34.7 Å². The number of aliphatic carboxylic acids is 2. The number of halogens is 3. The van der Waals surface area contributed by atoms with E-state index in [9.17, 15) is 41.1 Å². The van der Waals surface area contributed by atoms with Crippen molar-refractivity contribution in [1.82, 2.24) is 20.3 Å². The third-order valence-electron chi connectivity index (χ3n) is 8.02. The Morgan fingerprint density at radius 3 is 2.47 bits per heavy atom. The van der Waals surface area contributed by atoms with Crippen LogP contribution >= 0.6 is 11.3 Å². The number of nitrogens with one attached hydrogen (secondary N) is 1. The van der Waals surface area contributed by atoms with Crippen molar-refractivity contribution < 1.29 is 69.4 Å². The van der Waals surface area contributed by atoms with Gasteiger partial charge in [0.1, 0.15) is 24.0 Å². The number of ether oxygens (including phenoxy) is 1. The number of benzene rings is 1. The van der Waals surface area contributed by atoms with Gasteiger partial charge in [0.05, 0.1) is 17.0 Å². The average molecular weight is 790 g/mol. The summed E-state index contributed by atoms with van der Waals surface area (Å²) in [6, 6.07) is 9.07. The molecule has 1 amide bonds. The lowest BCUT2D eigenvalue weighted by Crippen LogP contribution is -2.68. The molecule has 4 heterocycles. The van der Waals surface area contributed by atoms with Gasteiger partial charge in [0.25, 0.3) is 12.0 Å². The number of alkyl halides is 3. The number of fused-ring (bicyclic) bond motifs is 1. The first kappa shape index (κ1) is 40.8. The number of Topliss-reactive ketones (excluding diaryl/α,β-unsaturated/α-hetero) is 1. The summed E-state index contributed by atoms with van der Waals surface area (Å²) in [5.41, 5.74) is 5.76. The number of oxime groups is 1. The molecule has 5 rings (SSSR count). The van der Waals surface area contributed by atoms with Gasteiger partial charge in [-0.1, -0.05) is 11.2 Å². The fourth-order valence-electron chi connectivity index (χ4n) is 5.25. The van der Waals surface area contributed by atoms with Crippen LogP contribution < -0.4 is 20.9 Å². The Bertz CT molecular complexity index is 2000. The number of amides is 1. The van der Waals surface area contributed by atoms with Crippen LogP contribution in [0.2, 0.25) is 0 Å². The lowest BCUT2D eigenvalue weighted by molar-refractivity contribution is -0.344. The van der Waals surface area contributed by atoms with Crippen LogP contribution in [0.15, 0.2) is 40.9 Å². The van der Waals surface area contributed by atoms with Crippen LogP contribution in [0.4, 0.5) is 18.3 Å². The highest BCUT2D eigenvalue weighted by Crippen LogP contribution is 2.40. The maximum absolute atomic E-state index is 13.3. The van der Waals surface area contributed by atoms with Gasteiger partial charge in [-0.3, -0.25) is 19.1 Å². The Kier molecular flexibility index (Phi) is 12.6. The molecule has 0 saturated carbocycles. The molecular weight excluding hydrogens is 757 g/mol. The monoisotopic (exact) mass is 789 g/mol. The first-order valence-electron chi connectivity index (χ1n) is 15.4. The Hall–Kier alpha value is -4.97. The number of anilines is 1. The van der Waals surface area contributed by atoms with Gasteiger partial charge >= 0.3 is 22.5 Å². The van der Waals surface area contributed by atoms with Crippen molar-refractivity contribution in [3.8, 4) is 5.75 Å². The molecule has 0 spiro atoms. The highest BCUT2D eigenvalue weighted by atomic mass is 32.3. The first-order chi connectivity index (χ1) is 24.7. The van der Waals surface area contributed by atoms with Gasteiger partial charge < -0.3 is 35.6 Å². The molecule has 53 heavy (non-hydrogen) atoms. The molecule has 0 aliphatic carbocycles. The van der Waals surface area contributed by atoms with Gasteiger partial charge in [-0.05, 0) is 70.0 Å². The molecule has 0 bridgehead atoms.